The van der Waals surface area contributed by atoms with Gasteiger partial charge < -0.3 is 9.67 Å². The number of hydrogen-bond donors (Lipinski definition) is 1. The van der Waals surface area contributed by atoms with Crippen molar-refractivity contribution in [2.45, 2.75) is 6.92 Å². The molecular weight excluding hydrogens is 182 g/mol. The van der Waals surface area contributed by atoms with Crippen LogP contribution in [0.25, 0.3) is 11.2 Å². The lowest BCUT2D eigenvalue weighted by atomic mass is 10.2. The standard InChI is InChI=1S/C9H9N3O2/c1-5-11-8-7(12(5)2)6(9(13)14)3-4-10-8/h3-4H,1-2H3,(H,13,14). The van der Waals surface area contributed by atoms with E-state index >= 15 is 0 Å². The number of carboxylic acids is 1. The minimum Gasteiger partial charge on any atom is -0.478 e. The molecule has 5 heteroatoms. The molecule has 0 aliphatic carbocycles. The lowest BCUT2D eigenvalue weighted by Gasteiger charge is -1.99. The summed E-state index contributed by atoms with van der Waals surface area (Å²) in [5.41, 5.74) is 1.28. The van der Waals surface area contributed by atoms with Gasteiger partial charge in [0, 0.05) is 13.2 Å². The zero-order valence-corrected chi connectivity index (χ0v) is 7.85. The Morgan fingerprint density at radius 1 is 1.57 bits per heavy atom. The first-order valence-corrected chi connectivity index (χ1v) is 4.12. The molecule has 2 aromatic rings. The van der Waals surface area contributed by atoms with E-state index < -0.39 is 5.97 Å². The predicted molar refractivity (Wildman–Crippen MR) is 50.2 cm³/mol. The Bertz CT molecular complexity index is 516. The second-order valence-corrected chi connectivity index (χ2v) is 3.05. The molecule has 0 aliphatic heterocycles. The summed E-state index contributed by atoms with van der Waals surface area (Å²) in [5.74, 6) is -0.207. The summed E-state index contributed by atoms with van der Waals surface area (Å²) in [6, 6.07) is 1.48. The van der Waals surface area contributed by atoms with Crippen LogP contribution in [0.1, 0.15) is 16.2 Å². The minimum absolute atomic E-state index is 0.234. The monoisotopic (exact) mass is 191 g/mol. The molecule has 2 aromatic heterocycles. The van der Waals surface area contributed by atoms with Crippen LogP contribution >= 0.6 is 0 Å². The van der Waals surface area contributed by atoms with Crippen LogP contribution in [0.3, 0.4) is 0 Å². The van der Waals surface area contributed by atoms with Crippen LogP contribution in [0.5, 0.6) is 0 Å². The molecular formula is C9H9N3O2. The fourth-order valence-corrected chi connectivity index (χ4v) is 1.42. The lowest BCUT2D eigenvalue weighted by Crippen LogP contribution is -2.01. The van der Waals surface area contributed by atoms with Crippen LogP contribution in [0.2, 0.25) is 0 Å². The van der Waals surface area contributed by atoms with Crippen LogP contribution < -0.4 is 0 Å². The summed E-state index contributed by atoms with van der Waals surface area (Å²) in [7, 11) is 1.78. The molecule has 0 unspecified atom stereocenters. The van der Waals surface area contributed by atoms with E-state index in [4.69, 9.17) is 5.11 Å². The molecule has 0 aromatic carbocycles. The Labute approximate surface area is 80.0 Å². The number of nitrogens with zero attached hydrogens (tertiary/aromatic N) is 3. The van der Waals surface area contributed by atoms with Crippen molar-refractivity contribution in [3.8, 4) is 0 Å². The topological polar surface area (TPSA) is 68.0 Å². The molecule has 2 heterocycles. The number of carbonyl (C=O) groups is 1. The first kappa shape index (κ1) is 8.68. The third-order valence-electron chi connectivity index (χ3n) is 2.22. The maximum Gasteiger partial charge on any atom is 0.338 e. The molecule has 0 amide bonds. The highest BCUT2D eigenvalue weighted by Crippen LogP contribution is 2.16. The van der Waals surface area contributed by atoms with Crippen LogP contribution in [-0.2, 0) is 7.05 Å². The van der Waals surface area contributed by atoms with E-state index in [2.05, 4.69) is 9.97 Å². The van der Waals surface area contributed by atoms with Gasteiger partial charge in [0.05, 0.1) is 5.56 Å². The molecule has 0 saturated heterocycles. The molecule has 0 atom stereocenters. The van der Waals surface area contributed by atoms with Gasteiger partial charge in [0.1, 0.15) is 11.3 Å². The molecule has 5 nitrogen and oxygen atoms in total. The minimum atomic E-state index is -0.958. The van der Waals surface area contributed by atoms with Gasteiger partial charge in [-0.2, -0.15) is 0 Å². The fraction of sp³-hybridized carbons (Fsp3) is 0.222. The second kappa shape index (κ2) is 2.80. The molecule has 0 spiro atoms. The number of carboxylic acid groups (broad SMARTS) is 1. The predicted octanol–water partition coefficient (Wildman–Crippen LogP) is 0.975. The molecule has 1 N–H and O–H groups in total. The third kappa shape index (κ3) is 1.06. The number of hydrogen-bond acceptors (Lipinski definition) is 3. The Morgan fingerprint density at radius 3 is 2.93 bits per heavy atom. The normalized spacial score (nSPS) is 10.7. The van der Waals surface area contributed by atoms with Gasteiger partial charge in [0.2, 0.25) is 0 Å². The van der Waals surface area contributed by atoms with Gasteiger partial charge in [-0.3, -0.25) is 0 Å². The molecule has 0 saturated carbocycles. The zero-order chi connectivity index (χ0) is 10.3. The number of fused-ring (bicyclic) bond motifs is 1. The molecule has 0 radical (unpaired) electrons. The molecule has 0 fully saturated rings. The van der Waals surface area contributed by atoms with Crippen molar-refractivity contribution in [2.24, 2.45) is 7.05 Å². The Morgan fingerprint density at radius 2 is 2.29 bits per heavy atom. The first-order chi connectivity index (χ1) is 6.61. The van der Waals surface area contributed by atoms with E-state index in [0.717, 1.165) is 5.82 Å². The summed E-state index contributed by atoms with van der Waals surface area (Å²) in [4.78, 5) is 19.1. The van der Waals surface area contributed by atoms with Gasteiger partial charge in [0.25, 0.3) is 0 Å². The maximum atomic E-state index is 10.9. The maximum absolute atomic E-state index is 10.9. The van der Waals surface area contributed by atoms with E-state index in [1.54, 1.807) is 11.6 Å². The smallest absolute Gasteiger partial charge is 0.338 e. The Hall–Kier alpha value is -1.91. The van der Waals surface area contributed by atoms with Gasteiger partial charge >= 0.3 is 5.97 Å². The summed E-state index contributed by atoms with van der Waals surface area (Å²) < 4.78 is 1.73. The van der Waals surface area contributed by atoms with E-state index in [-0.39, 0.29) is 5.56 Å². The van der Waals surface area contributed by atoms with Gasteiger partial charge in [-0.05, 0) is 13.0 Å². The quantitative estimate of drug-likeness (QED) is 0.729. The summed E-state index contributed by atoms with van der Waals surface area (Å²) in [5, 5.41) is 8.95. The van der Waals surface area contributed by atoms with E-state index in [9.17, 15) is 4.79 Å². The number of aryl methyl sites for hydroxylation is 2. The second-order valence-electron chi connectivity index (χ2n) is 3.05. The van der Waals surface area contributed by atoms with Gasteiger partial charge in [-0.25, -0.2) is 14.8 Å². The summed E-state index contributed by atoms with van der Waals surface area (Å²) in [6.45, 7) is 1.81. The first-order valence-electron chi connectivity index (χ1n) is 4.12. The molecule has 0 bridgehead atoms. The highest BCUT2D eigenvalue weighted by atomic mass is 16.4. The Balaban J connectivity index is 2.91. The average Bonchev–Trinajstić information content (AvgIpc) is 2.43. The van der Waals surface area contributed by atoms with Gasteiger partial charge in [-0.15, -0.1) is 0 Å². The highest BCUT2D eigenvalue weighted by Gasteiger charge is 2.14. The lowest BCUT2D eigenvalue weighted by molar-refractivity contribution is 0.0698. The van der Waals surface area contributed by atoms with Crippen molar-refractivity contribution in [3.05, 3.63) is 23.7 Å². The van der Waals surface area contributed by atoms with Gasteiger partial charge in [-0.1, -0.05) is 0 Å². The van der Waals surface area contributed by atoms with E-state index in [1.165, 1.54) is 12.3 Å². The summed E-state index contributed by atoms with van der Waals surface area (Å²) >= 11 is 0. The number of rotatable bonds is 1. The van der Waals surface area contributed by atoms with Crippen molar-refractivity contribution < 1.29 is 9.90 Å². The third-order valence-corrected chi connectivity index (χ3v) is 2.22. The number of aromatic nitrogens is 3. The molecule has 14 heavy (non-hydrogen) atoms. The number of aromatic carboxylic acids is 1. The van der Waals surface area contributed by atoms with Crippen LogP contribution in [0.15, 0.2) is 12.3 Å². The average molecular weight is 191 g/mol. The Kier molecular flexibility index (Phi) is 1.73. The molecule has 2 rings (SSSR count). The number of imidazole rings is 1. The zero-order valence-electron chi connectivity index (χ0n) is 7.85. The largest absolute Gasteiger partial charge is 0.478 e. The van der Waals surface area contributed by atoms with Crippen molar-refractivity contribution in [3.63, 3.8) is 0 Å². The SMILES string of the molecule is Cc1nc2nccc(C(=O)O)c2n1C. The summed E-state index contributed by atoms with van der Waals surface area (Å²) in [6.07, 6.45) is 1.46. The van der Waals surface area contributed by atoms with Crippen molar-refractivity contribution >= 4 is 17.1 Å². The van der Waals surface area contributed by atoms with Crippen LogP contribution in [0, 0.1) is 6.92 Å². The molecule has 72 valence electrons. The van der Waals surface area contributed by atoms with Crippen LogP contribution in [0.4, 0.5) is 0 Å². The van der Waals surface area contributed by atoms with E-state index in [1.807, 2.05) is 6.92 Å². The van der Waals surface area contributed by atoms with Crippen molar-refractivity contribution in [1.29, 1.82) is 0 Å². The fourth-order valence-electron chi connectivity index (χ4n) is 1.42. The van der Waals surface area contributed by atoms with Crippen LogP contribution in [-0.4, -0.2) is 25.6 Å². The molecule has 0 aliphatic rings. The van der Waals surface area contributed by atoms with Crippen molar-refractivity contribution in [1.82, 2.24) is 14.5 Å². The van der Waals surface area contributed by atoms with Gasteiger partial charge in [0.15, 0.2) is 5.65 Å². The number of pyridine rings is 1. The van der Waals surface area contributed by atoms with E-state index in [0.29, 0.717) is 11.2 Å². The highest BCUT2D eigenvalue weighted by molar-refractivity contribution is 6.00. The van der Waals surface area contributed by atoms with Crippen molar-refractivity contribution in [2.75, 3.05) is 0 Å².